The Morgan fingerprint density at radius 1 is 1.00 bits per heavy atom. The Hall–Kier alpha value is -4.46. The molecular weight excluding hydrogens is 551 g/mol. The molecule has 2 aromatic carbocycles. The van der Waals surface area contributed by atoms with Crippen molar-refractivity contribution >= 4 is 35.4 Å². The number of carboxylic acid groups (broad SMARTS) is 1. The maximum absolute atomic E-state index is 12.8. The summed E-state index contributed by atoms with van der Waals surface area (Å²) in [4.78, 5) is 58.2. The number of esters is 2. The molecule has 0 aromatic heterocycles. The van der Waals surface area contributed by atoms with Crippen molar-refractivity contribution in [2.24, 2.45) is 11.7 Å². The van der Waals surface area contributed by atoms with E-state index in [0.717, 1.165) is 10.6 Å². The van der Waals surface area contributed by atoms with Crippen LogP contribution in [0.25, 0.3) is 0 Å². The number of rotatable bonds is 10. The molecule has 0 aliphatic rings. The van der Waals surface area contributed by atoms with E-state index in [4.69, 9.17) is 20.4 Å². The van der Waals surface area contributed by atoms with Gasteiger partial charge in [-0.15, -0.1) is 0 Å². The van der Waals surface area contributed by atoms with Crippen LogP contribution in [0.15, 0.2) is 54.6 Å². The average molecular weight is 584 g/mol. The van der Waals surface area contributed by atoms with Gasteiger partial charge in [0.15, 0.2) is 0 Å². The number of hydrogen-bond donors (Lipinski definition) is 3. The first-order chi connectivity index (χ1) is 19.1. The molecule has 0 bridgehead atoms. The molecule has 2 amide bonds. The Morgan fingerprint density at radius 3 is 2.05 bits per heavy atom. The Bertz CT molecular complexity index is 1170. The predicted molar refractivity (Wildman–Crippen MR) is 140 cm³/mol. The fraction of sp³-hybridized carbons (Fsp3) is 0.370. The lowest BCUT2D eigenvalue weighted by atomic mass is 10.1. The van der Waals surface area contributed by atoms with Crippen LogP contribution in [0.5, 0.6) is 0 Å². The smallest absolute Gasteiger partial charge is 0.475 e. The largest absolute Gasteiger partial charge is 0.490 e. The number of carbonyl (C=O) groups is 5. The number of amides is 2. The van der Waals surface area contributed by atoms with E-state index in [2.05, 4.69) is 10.2 Å². The van der Waals surface area contributed by atoms with Crippen molar-refractivity contribution in [2.75, 3.05) is 12.1 Å². The molecule has 0 saturated heterocycles. The molecular formula is C27H32F3N3O8. The third kappa shape index (κ3) is 13.0. The topological polar surface area (TPSA) is 165 Å². The van der Waals surface area contributed by atoms with Crippen molar-refractivity contribution in [1.82, 2.24) is 5.43 Å². The van der Waals surface area contributed by atoms with Crippen molar-refractivity contribution < 1.29 is 51.7 Å². The molecule has 14 heteroatoms. The Kier molecular flexibility index (Phi) is 14.0. The Labute approximate surface area is 234 Å². The second-order valence-corrected chi connectivity index (χ2v) is 8.94. The first-order valence-corrected chi connectivity index (χ1v) is 12.2. The minimum Gasteiger partial charge on any atom is -0.475 e. The number of benzene rings is 2. The molecule has 2 rings (SSSR count). The van der Waals surface area contributed by atoms with Crippen LogP contribution in [0, 0.1) is 5.92 Å². The lowest BCUT2D eigenvalue weighted by Gasteiger charge is -2.25. The van der Waals surface area contributed by atoms with Crippen molar-refractivity contribution in [3.8, 4) is 0 Å². The van der Waals surface area contributed by atoms with E-state index < -0.39 is 36.0 Å². The summed E-state index contributed by atoms with van der Waals surface area (Å²) in [5.74, 6) is -4.70. The standard InChI is InChI=1S/C25H31N3O6.C2HF3O2/c1-17(2)9-14-22(29)28(20-12-10-19(11-13-20)25(32)33-3)27-24(31)21(26)15-23(30)34-16-18-7-5-4-6-8-18;3-2(4,5)1(6)7/h4-8,10-13,17,21H,9,14-16,26H2,1-3H3,(H,27,31);(H,6,7)/t21-;/m0./s1. The third-order valence-corrected chi connectivity index (χ3v) is 5.16. The maximum atomic E-state index is 12.8. The molecule has 0 radical (unpaired) electrons. The predicted octanol–water partition coefficient (Wildman–Crippen LogP) is 3.37. The summed E-state index contributed by atoms with van der Waals surface area (Å²) in [6.45, 7) is 4.04. The molecule has 11 nitrogen and oxygen atoms in total. The Morgan fingerprint density at radius 2 is 1.56 bits per heavy atom. The lowest BCUT2D eigenvalue weighted by Crippen LogP contribution is -2.52. The van der Waals surface area contributed by atoms with E-state index in [-0.39, 0.29) is 31.3 Å². The van der Waals surface area contributed by atoms with E-state index in [0.29, 0.717) is 17.7 Å². The van der Waals surface area contributed by atoms with Crippen LogP contribution in [-0.4, -0.2) is 54.2 Å². The van der Waals surface area contributed by atoms with Gasteiger partial charge in [0.2, 0.25) is 5.91 Å². The summed E-state index contributed by atoms with van der Waals surface area (Å²) in [7, 11) is 1.27. The summed E-state index contributed by atoms with van der Waals surface area (Å²) in [5, 5.41) is 8.21. The van der Waals surface area contributed by atoms with Gasteiger partial charge in [0.25, 0.3) is 5.91 Å². The van der Waals surface area contributed by atoms with Gasteiger partial charge in [0, 0.05) is 6.42 Å². The number of anilines is 1. The van der Waals surface area contributed by atoms with Crippen molar-refractivity contribution in [3.63, 3.8) is 0 Å². The van der Waals surface area contributed by atoms with Crippen LogP contribution in [-0.2, 0) is 35.3 Å². The number of hydrazine groups is 1. The number of methoxy groups -OCH3 is 1. The average Bonchev–Trinajstić information content (AvgIpc) is 2.93. The first-order valence-electron chi connectivity index (χ1n) is 12.2. The number of hydrogen-bond acceptors (Lipinski definition) is 8. The van der Waals surface area contributed by atoms with Crippen LogP contribution < -0.4 is 16.2 Å². The first kappa shape index (κ1) is 34.6. The summed E-state index contributed by atoms with van der Waals surface area (Å²) in [6.07, 6.45) is -4.64. The highest BCUT2D eigenvalue weighted by molar-refractivity contribution is 5.98. The second-order valence-electron chi connectivity index (χ2n) is 8.94. The molecule has 0 unspecified atom stereocenters. The van der Waals surface area contributed by atoms with E-state index in [1.54, 1.807) is 0 Å². The van der Waals surface area contributed by atoms with Gasteiger partial charge < -0.3 is 20.3 Å². The van der Waals surface area contributed by atoms with Gasteiger partial charge in [-0.25, -0.2) is 14.6 Å². The van der Waals surface area contributed by atoms with Crippen LogP contribution in [0.2, 0.25) is 0 Å². The monoisotopic (exact) mass is 583 g/mol. The number of halogens is 3. The third-order valence-electron chi connectivity index (χ3n) is 5.16. The zero-order valence-corrected chi connectivity index (χ0v) is 22.6. The van der Waals surface area contributed by atoms with Crippen LogP contribution in [0.1, 0.15) is 49.0 Å². The fourth-order valence-corrected chi connectivity index (χ4v) is 2.92. The molecule has 2 aromatic rings. The van der Waals surface area contributed by atoms with Crippen molar-refractivity contribution in [2.45, 2.75) is 51.9 Å². The van der Waals surface area contributed by atoms with Crippen LogP contribution in [0.3, 0.4) is 0 Å². The summed E-state index contributed by atoms with van der Waals surface area (Å²) >= 11 is 0. The zero-order chi connectivity index (χ0) is 31.2. The van der Waals surface area contributed by atoms with Gasteiger partial charge in [-0.05, 0) is 42.2 Å². The molecule has 0 aliphatic heterocycles. The fourth-order valence-electron chi connectivity index (χ4n) is 2.92. The van der Waals surface area contributed by atoms with E-state index >= 15 is 0 Å². The molecule has 41 heavy (non-hydrogen) atoms. The van der Waals surface area contributed by atoms with Crippen molar-refractivity contribution in [3.05, 3.63) is 65.7 Å². The summed E-state index contributed by atoms with van der Waals surface area (Å²) < 4.78 is 41.6. The highest BCUT2D eigenvalue weighted by Gasteiger charge is 2.38. The number of aliphatic carboxylic acids is 1. The van der Waals surface area contributed by atoms with Gasteiger partial charge in [-0.1, -0.05) is 44.2 Å². The number of ether oxygens (including phenoxy) is 2. The molecule has 4 N–H and O–H groups in total. The minimum absolute atomic E-state index is 0.0698. The molecule has 1 atom stereocenters. The number of carboxylic acids is 1. The molecule has 0 heterocycles. The quantitative estimate of drug-likeness (QED) is 0.281. The molecule has 0 fully saturated rings. The number of carbonyl (C=O) groups excluding carboxylic acids is 4. The zero-order valence-electron chi connectivity index (χ0n) is 22.6. The molecule has 0 spiro atoms. The van der Waals surface area contributed by atoms with Gasteiger partial charge >= 0.3 is 24.1 Å². The van der Waals surface area contributed by atoms with Gasteiger partial charge in [0.1, 0.15) is 6.61 Å². The summed E-state index contributed by atoms with van der Waals surface area (Å²) in [6, 6.07) is 13.9. The maximum Gasteiger partial charge on any atom is 0.490 e. The number of nitrogens with zero attached hydrogens (tertiary/aromatic N) is 1. The van der Waals surface area contributed by atoms with Crippen LogP contribution in [0.4, 0.5) is 18.9 Å². The number of nitrogens with two attached hydrogens (primary N) is 1. The van der Waals surface area contributed by atoms with E-state index in [1.807, 2.05) is 44.2 Å². The highest BCUT2D eigenvalue weighted by atomic mass is 19.4. The van der Waals surface area contributed by atoms with Gasteiger partial charge in [-0.3, -0.25) is 19.8 Å². The lowest BCUT2D eigenvalue weighted by molar-refractivity contribution is -0.192. The number of alkyl halides is 3. The molecule has 0 saturated carbocycles. The van der Waals surface area contributed by atoms with Gasteiger partial charge in [0.05, 0.1) is 30.8 Å². The minimum atomic E-state index is -5.08. The molecule has 224 valence electrons. The van der Waals surface area contributed by atoms with E-state index in [1.165, 1.54) is 31.4 Å². The van der Waals surface area contributed by atoms with Gasteiger partial charge in [-0.2, -0.15) is 13.2 Å². The van der Waals surface area contributed by atoms with E-state index in [9.17, 15) is 32.3 Å². The Balaban J connectivity index is 0.00000106. The summed E-state index contributed by atoms with van der Waals surface area (Å²) in [5.41, 5.74) is 9.85. The normalized spacial score (nSPS) is 11.4. The SMILES string of the molecule is COC(=O)c1ccc(N(NC(=O)[C@@H](N)CC(=O)OCc2ccccc2)C(=O)CCC(C)C)cc1.O=C(O)C(F)(F)F. The highest BCUT2D eigenvalue weighted by Crippen LogP contribution is 2.17. The number of nitrogens with one attached hydrogen (secondary N) is 1. The molecule has 0 aliphatic carbocycles. The second kappa shape index (κ2) is 16.6. The van der Waals surface area contributed by atoms with Crippen molar-refractivity contribution in [1.29, 1.82) is 0 Å². The van der Waals surface area contributed by atoms with Crippen LogP contribution >= 0.6 is 0 Å².